The normalized spacial score (nSPS) is 27.7. The third-order valence-corrected chi connectivity index (χ3v) is 5.62. The summed E-state index contributed by atoms with van der Waals surface area (Å²) >= 11 is 0. The molecule has 1 amide bonds. The minimum atomic E-state index is -0.884. The smallest absolute Gasteiger partial charge is 0.326 e. The number of carboxylic acid groups (broad SMARTS) is 1. The SMILES string of the molecule is O=C(O)[C@@H]1C[C@@H]2CCCC[C@H]2N1C(=O)Cc1ccc2c(c1)OCCO2. The maximum Gasteiger partial charge on any atom is 0.326 e. The number of carbonyl (C=O) groups is 2. The van der Waals surface area contributed by atoms with E-state index in [-0.39, 0.29) is 18.4 Å². The van der Waals surface area contributed by atoms with Crippen LogP contribution in [0.25, 0.3) is 0 Å². The van der Waals surface area contributed by atoms with Crippen LogP contribution in [0.1, 0.15) is 37.7 Å². The Bertz CT molecular complexity index is 688. The number of benzene rings is 1. The van der Waals surface area contributed by atoms with Gasteiger partial charge in [0.1, 0.15) is 19.3 Å². The van der Waals surface area contributed by atoms with Gasteiger partial charge in [0.15, 0.2) is 11.5 Å². The van der Waals surface area contributed by atoms with Crippen molar-refractivity contribution in [3.8, 4) is 11.5 Å². The van der Waals surface area contributed by atoms with Crippen molar-refractivity contribution < 1.29 is 24.2 Å². The van der Waals surface area contributed by atoms with Crippen LogP contribution in [0.2, 0.25) is 0 Å². The van der Waals surface area contributed by atoms with Gasteiger partial charge in [0.05, 0.1) is 6.42 Å². The molecule has 1 aliphatic carbocycles. The lowest BCUT2D eigenvalue weighted by molar-refractivity contribution is -0.149. The molecular weight excluding hydrogens is 322 g/mol. The number of carboxylic acids is 1. The van der Waals surface area contributed by atoms with Crippen LogP contribution in [0.4, 0.5) is 0 Å². The lowest BCUT2D eigenvalue weighted by Gasteiger charge is -2.33. The number of nitrogens with zero attached hydrogens (tertiary/aromatic N) is 1. The summed E-state index contributed by atoms with van der Waals surface area (Å²) in [7, 11) is 0. The minimum Gasteiger partial charge on any atom is -0.486 e. The topological polar surface area (TPSA) is 76.1 Å². The summed E-state index contributed by atoms with van der Waals surface area (Å²) < 4.78 is 11.1. The van der Waals surface area contributed by atoms with E-state index in [0.717, 1.165) is 31.2 Å². The summed E-state index contributed by atoms with van der Waals surface area (Å²) in [5, 5.41) is 9.57. The van der Waals surface area contributed by atoms with Crippen LogP contribution in [-0.4, -0.2) is 47.2 Å². The lowest BCUT2D eigenvalue weighted by atomic mass is 9.84. The van der Waals surface area contributed by atoms with Crippen molar-refractivity contribution in [2.24, 2.45) is 5.92 Å². The maximum atomic E-state index is 12.9. The molecule has 0 unspecified atom stereocenters. The minimum absolute atomic E-state index is 0.0829. The van der Waals surface area contributed by atoms with Gasteiger partial charge in [-0.1, -0.05) is 18.9 Å². The van der Waals surface area contributed by atoms with E-state index in [0.29, 0.717) is 37.1 Å². The molecule has 0 radical (unpaired) electrons. The monoisotopic (exact) mass is 345 g/mol. The molecule has 1 aromatic carbocycles. The zero-order chi connectivity index (χ0) is 17.4. The van der Waals surface area contributed by atoms with Crippen LogP contribution < -0.4 is 9.47 Å². The molecule has 6 heteroatoms. The predicted octanol–water partition coefficient (Wildman–Crippen LogP) is 2.24. The van der Waals surface area contributed by atoms with Gasteiger partial charge in [0, 0.05) is 6.04 Å². The Balaban J connectivity index is 1.53. The molecule has 0 aromatic heterocycles. The molecule has 25 heavy (non-hydrogen) atoms. The summed E-state index contributed by atoms with van der Waals surface area (Å²) in [5.74, 6) is 0.699. The van der Waals surface area contributed by atoms with Crippen molar-refractivity contribution in [1.82, 2.24) is 4.90 Å². The first-order valence-electron chi connectivity index (χ1n) is 9.06. The Labute approximate surface area is 146 Å². The van der Waals surface area contributed by atoms with Crippen LogP contribution in [-0.2, 0) is 16.0 Å². The number of hydrogen-bond acceptors (Lipinski definition) is 4. The number of aliphatic carboxylic acids is 1. The quantitative estimate of drug-likeness (QED) is 0.909. The van der Waals surface area contributed by atoms with E-state index in [1.165, 1.54) is 0 Å². The second-order valence-electron chi connectivity index (χ2n) is 7.16. The van der Waals surface area contributed by atoms with Crippen LogP contribution in [0.15, 0.2) is 18.2 Å². The van der Waals surface area contributed by atoms with Crippen LogP contribution >= 0.6 is 0 Å². The van der Waals surface area contributed by atoms with Gasteiger partial charge in [-0.15, -0.1) is 0 Å². The van der Waals surface area contributed by atoms with Crippen molar-refractivity contribution in [3.05, 3.63) is 23.8 Å². The first kappa shape index (κ1) is 16.2. The van der Waals surface area contributed by atoms with Crippen LogP contribution in [0.5, 0.6) is 11.5 Å². The van der Waals surface area contributed by atoms with Crippen molar-refractivity contribution in [2.45, 2.75) is 50.6 Å². The Morgan fingerprint density at radius 1 is 1.12 bits per heavy atom. The number of carbonyl (C=O) groups excluding carboxylic acids is 1. The van der Waals surface area contributed by atoms with Gasteiger partial charge in [0.25, 0.3) is 0 Å². The Morgan fingerprint density at radius 2 is 1.88 bits per heavy atom. The molecule has 0 spiro atoms. The Kier molecular flexibility index (Phi) is 4.27. The summed E-state index contributed by atoms with van der Waals surface area (Å²) in [6.45, 7) is 1.03. The van der Waals surface area contributed by atoms with Crippen molar-refractivity contribution in [2.75, 3.05) is 13.2 Å². The summed E-state index contributed by atoms with van der Waals surface area (Å²) in [6.07, 6.45) is 4.94. The zero-order valence-electron chi connectivity index (χ0n) is 14.1. The summed E-state index contributed by atoms with van der Waals surface area (Å²) in [4.78, 5) is 26.3. The fourth-order valence-electron chi connectivity index (χ4n) is 4.50. The molecule has 1 saturated carbocycles. The fourth-order valence-corrected chi connectivity index (χ4v) is 4.50. The highest BCUT2D eigenvalue weighted by atomic mass is 16.6. The van der Waals surface area contributed by atoms with Gasteiger partial charge in [-0.3, -0.25) is 4.79 Å². The molecule has 6 nitrogen and oxygen atoms in total. The number of fused-ring (bicyclic) bond motifs is 2. The van der Waals surface area contributed by atoms with Crippen molar-refractivity contribution in [1.29, 1.82) is 0 Å². The Hall–Kier alpha value is -2.24. The van der Waals surface area contributed by atoms with Crippen LogP contribution in [0.3, 0.4) is 0 Å². The molecular formula is C19H23NO5. The second kappa shape index (κ2) is 6.58. The number of hydrogen-bond donors (Lipinski definition) is 1. The van der Waals surface area contributed by atoms with E-state index in [4.69, 9.17) is 9.47 Å². The second-order valence-corrected chi connectivity index (χ2v) is 7.16. The van der Waals surface area contributed by atoms with Crippen LogP contribution in [0, 0.1) is 5.92 Å². The molecule has 1 saturated heterocycles. The van der Waals surface area contributed by atoms with E-state index in [1.807, 2.05) is 18.2 Å². The summed E-state index contributed by atoms with van der Waals surface area (Å²) in [6, 6.07) is 4.91. The molecule has 1 N–H and O–H groups in total. The average Bonchev–Trinajstić information content (AvgIpc) is 3.01. The molecule has 0 bridgehead atoms. The molecule has 3 aliphatic rings. The third-order valence-electron chi connectivity index (χ3n) is 5.62. The molecule has 2 heterocycles. The van der Waals surface area contributed by atoms with E-state index < -0.39 is 12.0 Å². The Morgan fingerprint density at radius 3 is 2.68 bits per heavy atom. The molecule has 4 rings (SSSR count). The first-order chi connectivity index (χ1) is 12.1. The predicted molar refractivity (Wildman–Crippen MR) is 89.8 cm³/mol. The number of ether oxygens (including phenoxy) is 2. The highest BCUT2D eigenvalue weighted by molar-refractivity contribution is 5.86. The highest BCUT2D eigenvalue weighted by Gasteiger charge is 2.47. The first-order valence-corrected chi connectivity index (χ1v) is 9.06. The standard InChI is InChI=1S/C19H23NO5/c21-18(10-12-5-6-16-17(9-12)25-8-7-24-16)20-14-4-2-1-3-13(14)11-15(20)19(22)23/h5-6,9,13-15H,1-4,7-8,10-11H2,(H,22,23)/t13-,14+,15-/m0/s1. The van der Waals surface area contributed by atoms with Gasteiger partial charge >= 0.3 is 5.97 Å². The van der Waals surface area contributed by atoms with Crippen molar-refractivity contribution >= 4 is 11.9 Å². The largest absolute Gasteiger partial charge is 0.486 e. The molecule has 1 aromatic rings. The molecule has 134 valence electrons. The van der Waals surface area contributed by atoms with Gasteiger partial charge in [-0.05, 0) is 42.9 Å². The average molecular weight is 345 g/mol. The number of rotatable bonds is 3. The van der Waals surface area contributed by atoms with E-state index in [2.05, 4.69) is 0 Å². The van der Waals surface area contributed by atoms with E-state index in [1.54, 1.807) is 4.90 Å². The molecule has 3 atom stereocenters. The number of amides is 1. The van der Waals surface area contributed by atoms with Gasteiger partial charge in [0.2, 0.25) is 5.91 Å². The van der Waals surface area contributed by atoms with Gasteiger partial charge in [-0.2, -0.15) is 0 Å². The van der Waals surface area contributed by atoms with E-state index >= 15 is 0 Å². The van der Waals surface area contributed by atoms with Gasteiger partial charge in [-0.25, -0.2) is 4.79 Å². The summed E-state index contributed by atoms with van der Waals surface area (Å²) in [5.41, 5.74) is 0.831. The van der Waals surface area contributed by atoms with E-state index in [9.17, 15) is 14.7 Å². The van der Waals surface area contributed by atoms with Gasteiger partial charge < -0.3 is 19.5 Å². The highest BCUT2D eigenvalue weighted by Crippen LogP contribution is 2.40. The zero-order valence-corrected chi connectivity index (χ0v) is 14.1. The fraction of sp³-hybridized carbons (Fsp3) is 0.579. The molecule has 2 aliphatic heterocycles. The lowest BCUT2D eigenvalue weighted by Crippen LogP contribution is -2.46. The number of likely N-dealkylation sites (tertiary alicyclic amines) is 1. The van der Waals surface area contributed by atoms with Crippen molar-refractivity contribution in [3.63, 3.8) is 0 Å². The third kappa shape index (κ3) is 3.05. The molecule has 2 fully saturated rings. The maximum absolute atomic E-state index is 12.9.